The SMILES string of the molecule is O=C(CSCc1cccc(Cl)c1)N1C[C@@H](O)[C@@H](O)C1. The number of carbonyl (C=O) groups excluding carboxylic acids is 1. The first-order valence-electron chi connectivity index (χ1n) is 6.02. The van der Waals surface area contributed by atoms with E-state index >= 15 is 0 Å². The van der Waals surface area contributed by atoms with Gasteiger partial charge in [-0.05, 0) is 17.7 Å². The van der Waals surface area contributed by atoms with Crippen molar-refractivity contribution in [3.05, 3.63) is 34.9 Å². The van der Waals surface area contributed by atoms with Crippen LogP contribution in [0.2, 0.25) is 5.02 Å². The smallest absolute Gasteiger partial charge is 0.232 e. The summed E-state index contributed by atoms with van der Waals surface area (Å²) in [6, 6.07) is 7.54. The molecule has 0 aliphatic carbocycles. The first-order chi connectivity index (χ1) is 9.06. The molecule has 1 aliphatic rings. The molecule has 4 nitrogen and oxygen atoms in total. The van der Waals surface area contributed by atoms with Gasteiger partial charge in [0.2, 0.25) is 5.91 Å². The topological polar surface area (TPSA) is 60.8 Å². The third kappa shape index (κ3) is 4.11. The molecule has 1 fully saturated rings. The van der Waals surface area contributed by atoms with Crippen molar-refractivity contribution in [1.82, 2.24) is 4.90 Å². The minimum Gasteiger partial charge on any atom is -0.388 e. The first-order valence-corrected chi connectivity index (χ1v) is 7.55. The van der Waals surface area contributed by atoms with E-state index in [-0.39, 0.29) is 19.0 Å². The molecule has 19 heavy (non-hydrogen) atoms. The number of thioether (sulfide) groups is 1. The van der Waals surface area contributed by atoms with Gasteiger partial charge in [0, 0.05) is 23.9 Å². The number of carbonyl (C=O) groups is 1. The number of hydrogen-bond acceptors (Lipinski definition) is 4. The van der Waals surface area contributed by atoms with E-state index < -0.39 is 12.2 Å². The molecule has 0 aromatic heterocycles. The van der Waals surface area contributed by atoms with E-state index in [1.807, 2.05) is 24.3 Å². The van der Waals surface area contributed by atoms with Crippen molar-refractivity contribution < 1.29 is 15.0 Å². The zero-order valence-electron chi connectivity index (χ0n) is 10.3. The summed E-state index contributed by atoms with van der Waals surface area (Å²) in [5, 5.41) is 19.5. The number of hydrogen-bond donors (Lipinski definition) is 2. The Labute approximate surface area is 121 Å². The van der Waals surface area contributed by atoms with Crippen LogP contribution in [0, 0.1) is 0 Å². The van der Waals surface area contributed by atoms with Crippen LogP contribution in [-0.2, 0) is 10.5 Å². The third-order valence-corrected chi connectivity index (χ3v) is 4.22. The van der Waals surface area contributed by atoms with Crippen molar-refractivity contribution >= 4 is 29.3 Å². The zero-order chi connectivity index (χ0) is 13.8. The molecular formula is C13H16ClNO3S. The minimum atomic E-state index is -0.818. The number of aliphatic hydroxyl groups is 2. The molecule has 2 rings (SSSR count). The van der Waals surface area contributed by atoms with Crippen molar-refractivity contribution in [2.45, 2.75) is 18.0 Å². The maximum absolute atomic E-state index is 11.9. The number of likely N-dealkylation sites (tertiary alicyclic amines) is 1. The predicted octanol–water partition coefficient (Wildman–Crippen LogP) is 1.14. The van der Waals surface area contributed by atoms with E-state index in [0.717, 1.165) is 5.56 Å². The molecule has 0 radical (unpaired) electrons. The molecule has 0 saturated carbocycles. The third-order valence-electron chi connectivity index (χ3n) is 3.00. The Kier molecular flexibility index (Phi) is 5.10. The van der Waals surface area contributed by atoms with Crippen LogP contribution in [0.3, 0.4) is 0 Å². The summed E-state index contributed by atoms with van der Waals surface area (Å²) in [6.45, 7) is 0.440. The van der Waals surface area contributed by atoms with Gasteiger partial charge < -0.3 is 15.1 Å². The summed E-state index contributed by atoms with van der Waals surface area (Å²) in [7, 11) is 0. The van der Waals surface area contributed by atoms with Crippen LogP contribution < -0.4 is 0 Å². The van der Waals surface area contributed by atoms with Crippen LogP contribution >= 0.6 is 23.4 Å². The maximum Gasteiger partial charge on any atom is 0.232 e. The maximum atomic E-state index is 11.9. The lowest BCUT2D eigenvalue weighted by Gasteiger charge is -2.14. The van der Waals surface area contributed by atoms with Crippen LogP contribution in [0.25, 0.3) is 0 Å². The lowest BCUT2D eigenvalue weighted by molar-refractivity contribution is -0.127. The normalized spacial score (nSPS) is 22.8. The Balaban J connectivity index is 1.75. The standard InChI is InChI=1S/C13H16ClNO3S/c14-10-3-1-2-9(4-10)7-19-8-13(18)15-5-11(16)12(17)6-15/h1-4,11-12,16-17H,5-8H2/t11-,12+. The van der Waals surface area contributed by atoms with Crippen LogP contribution in [-0.4, -0.2) is 52.1 Å². The molecule has 2 atom stereocenters. The van der Waals surface area contributed by atoms with Gasteiger partial charge in [-0.3, -0.25) is 4.79 Å². The van der Waals surface area contributed by atoms with Gasteiger partial charge in [-0.1, -0.05) is 23.7 Å². The van der Waals surface area contributed by atoms with Crippen molar-refractivity contribution in [2.24, 2.45) is 0 Å². The highest BCUT2D eigenvalue weighted by molar-refractivity contribution is 7.99. The van der Waals surface area contributed by atoms with Crippen molar-refractivity contribution in [3.8, 4) is 0 Å². The molecule has 1 amide bonds. The summed E-state index contributed by atoms with van der Waals surface area (Å²) in [5.74, 6) is 1.000. The largest absolute Gasteiger partial charge is 0.388 e. The quantitative estimate of drug-likeness (QED) is 0.875. The molecule has 1 aromatic carbocycles. The van der Waals surface area contributed by atoms with Crippen LogP contribution in [0.1, 0.15) is 5.56 Å². The number of β-amino-alcohol motifs (C(OH)–C–C–N with tert-alkyl or cyclic N) is 2. The van der Waals surface area contributed by atoms with E-state index in [1.54, 1.807) is 0 Å². The fraction of sp³-hybridized carbons (Fsp3) is 0.462. The molecule has 1 saturated heterocycles. The summed E-state index contributed by atoms with van der Waals surface area (Å²) >= 11 is 7.38. The van der Waals surface area contributed by atoms with Gasteiger partial charge in [-0.25, -0.2) is 0 Å². The Morgan fingerprint density at radius 2 is 2.05 bits per heavy atom. The summed E-state index contributed by atoms with van der Waals surface area (Å²) in [6.07, 6.45) is -1.64. The molecule has 104 valence electrons. The Morgan fingerprint density at radius 3 is 2.68 bits per heavy atom. The monoisotopic (exact) mass is 301 g/mol. The van der Waals surface area contributed by atoms with E-state index in [4.69, 9.17) is 11.6 Å². The fourth-order valence-electron chi connectivity index (χ4n) is 1.95. The highest BCUT2D eigenvalue weighted by atomic mass is 35.5. The molecule has 2 N–H and O–H groups in total. The van der Waals surface area contributed by atoms with E-state index in [2.05, 4.69) is 0 Å². The summed E-state index contributed by atoms with van der Waals surface area (Å²) in [4.78, 5) is 13.4. The molecular weight excluding hydrogens is 286 g/mol. The summed E-state index contributed by atoms with van der Waals surface area (Å²) in [5.41, 5.74) is 1.08. The highest BCUT2D eigenvalue weighted by Crippen LogP contribution is 2.18. The second-order valence-corrected chi connectivity index (χ2v) is 5.98. The molecule has 1 aliphatic heterocycles. The average Bonchev–Trinajstić information content (AvgIpc) is 2.70. The number of halogens is 1. The number of rotatable bonds is 4. The molecule has 6 heteroatoms. The Bertz CT molecular complexity index is 447. The van der Waals surface area contributed by atoms with Crippen molar-refractivity contribution in [1.29, 1.82) is 0 Å². The highest BCUT2D eigenvalue weighted by Gasteiger charge is 2.32. The van der Waals surface area contributed by atoms with E-state index in [9.17, 15) is 15.0 Å². The number of amides is 1. The Hall–Kier alpha value is -0.750. The lowest BCUT2D eigenvalue weighted by atomic mass is 10.2. The van der Waals surface area contributed by atoms with Crippen molar-refractivity contribution in [3.63, 3.8) is 0 Å². The fourth-order valence-corrected chi connectivity index (χ4v) is 3.03. The second-order valence-electron chi connectivity index (χ2n) is 4.56. The van der Waals surface area contributed by atoms with E-state index in [0.29, 0.717) is 16.5 Å². The molecule has 1 heterocycles. The van der Waals surface area contributed by atoms with Gasteiger partial charge in [0.05, 0.1) is 18.0 Å². The zero-order valence-corrected chi connectivity index (χ0v) is 11.9. The van der Waals surface area contributed by atoms with Gasteiger partial charge in [0.15, 0.2) is 0 Å². The lowest BCUT2D eigenvalue weighted by Crippen LogP contribution is -2.31. The van der Waals surface area contributed by atoms with Crippen LogP contribution in [0.4, 0.5) is 0 Å². The molecule has 0 unspecified atom stereocenters. The van der Waals surface area contributed by atoms with Gasteiger partial charge >= 0.3 is 0 Å². The number of aliphatic hydroxyl groups excluding tert-OH is 2. The predicted molar refractivity (Wildman–Crippen MR) is 76.2 cm³/mol. The van der Waals surface area contributed by atoms with Crippen LogP contribution in [0.15, 0.2) is 24.3 Å². The van der Waals surface area contributed by atoms with Crippen LogP contribution in [0.5, 0.6) is 0 Å². The molecule has 0 bridgehead atoms. The Morgan fingerprint density at radius 1 is 1.37 bits per heavy atom. The second kappa shape index (κ2) is 6.61. The first kappa shape index (κ1) is 14.7. The summed E-state index contributed by atoms with van der Waals surface area (Å²) < 4.78 is 0. The minimum absolute atomic E-state index is 0.0531. The average molecular weight is 302 g/mol. The van der Waals surface area contributed by atoms with Gasteiger partial charge in [0.1, 0.15) is 0 Å². The van der Waals surface area contributed by atoms with Gasteiger partial charge in [-0.15, -0.1) is 11.8 Å². The molecule has 0 spiro atoms. The van der Waals surface area contributed by atoms with Crippen molar-refractivity contribution in [2.75, 3.05) is 18.8 Å². The number of nitrogens with zero attached hydrogens (tertiary/aromatic N) is 1. The van der Waals surface area contributed by atoms with Gasteiger partial charge in [0.25, 0.3) is 0 Å². The number of benzene rings is 1. The van der Waals surface area contributed by atoms with E-state index in [1.165, 1.54) is 16.7 Å². The molecule has 1 aromatic rings. The van der Waals surface area contributed by atoms with Gasteiger partial charge in [-0.2, -0.15) is 0 Å².